The quantitative estimate of drug-likeness (QED) is 0.865. The highest BCUT2D eigenvalue weighted by Gasteiger charge is 2.32. The van der Waals surface area contributed by atoms with Crippen LogP contribution < -0.4 is 11.1 Å². The molecule has 0 radical (unpaired) electrons. The first-order valence-corrected chi connectivity index (χ1v) is 6.39. The summed E-state index contributed by atoms with van der Waals surface area (Å²) in [6.07, 6.45) is 2.86. The van der Waals surface area contributed by atoms with Gasteiger partial charge in [-0.15, -0.1) is 0 Å². The van der Waals surface area contributed by atoms with E-state index in [0.717, 1.165) is 24.8 Å². The number of nitrogens with two attached hydrogens (primary N) is 1. The molecule has 98 valence electrons. The Morgan fingerprint density at radius 3 is 2.94 bits per heavy atom. The summed E-state index contributed by atoms with van der Waals surface area (Å²) in [5.74, 6) is -0.328. The molecule has 2 rings (SSSR count). The average Bonchev–Trinajstić information content (AvgIpc) is 2.81. The van der Waals surface area contributed by atoms with Crippen LogP contribution in [0.25, 0.3) is 0 Å². The maximum Gasteiger partial charge on any atom is 0.227 e. The van der Waals surface area contributed by atoms with Crippen LogP contribution in [0.4, 0.5) is 10.1 Å². The molecule has 1 amide bonds. The second kappa shape index (κ2) is 5.48. The van der Waals surface area contributed by atoms with Crippen LogP contribution in [-0.4, -0.2) is 12.5 Å². The molecule has 0 bridgehead atoms. The van der Waals surface area contributed by atoms with Gasteiger partial charge in [0, 0.05) is 5.92 Å². The van der Waals surface area contributed by atoms with Gasteiger partial charge in [-0.3, -0.25) is 4.79 Å². The largest absolute Gasteiger partial charge is 0.330 e. The lowest BCUT2D eigenvalue weighted by molar-refractivity contribution is -0.120. The molecule has 1 aromatic rings. The van der Waals surface area contributed by atoms with Gasteiger partial charge in [-0.1, -0.05) is 12.5 Å². The molecule has 0 heterocycles. The van der Waals surface area contributed by atoms with Crippen LogP contribution >= 0.6 is 0 Å². The van der Waals surface area contributed by atoms with E-state index in [1.165, 1.54) is 6.07 Å². The van der Waals surface area contributed by atoms with Crippen molar-refractivity contribution in [3.63, 3.8) is 0 Å². The third-order valence-electron chi connectivity index (χ3n) is 3.68. The fourth-order valence-electron chi connectivity index (χ4n) is 2.61. The highest BCUT2D eigenvalue weighted by molar-refractivity contribution is 5.93. The fourth-order valence-corrected chi connectivity index (χ4v) is 2.61. The summed E-state index contributed by atoms with van der Waals surface area (Å²) in [6, 6.07) is 4.81. The number of carbonyl (C=O) groups is 1. The number of amides is 1. The lowest BCUT2D eigenvalue weighted by atomic mass is 9.95. The van der Waals surface area contributed by atoms with Crippen LogP contribution in [0.5, 0.6) is 0 Å². The van der Waals surface area contributed by atoms with Crippen LogP contribution in [-0.2, 0) is 4.79 Å². The minimum absolute atomic E-state index is 0.0734. The Labute approximate surface area is 107 Å². The minimum Gasteiger partial charge on any atom is -0.330 e. The van der Waals surface area contributed by atoms with Gasteiger partial charge in [-0.2, -0.15) is 0 Å². The summed E-state index contributed by atoms with van der Waals surface area (Å²) in [6.45, 7) is 2.34. The van der Waals surface area contributed by atoms with Gasteiger partial charge in [-0.05, 0) is 49.9 Å². The predicted octanol–water partition coefficient (Wildman–Crippen LogP) is 2.45. The third kappa shape index (κ3) is 2.70. The van der Waals surface area contributed by atoms with E-state index in [1.807, 2.05) is 6.92 Å². The van der Waals surface area contributed by atoms with Crippen LogP contribution in [0.3, 0.4) is 0 Å². The van der Waals surface area contributed by atoms with Crippen molar-refractivity contribution in [3.05, 3.63) is 29.6 Å². The van der Waals surface area contributed by atoms with Crippen molar-refractivity contribution in [1.29, 1.82) is 0 Å². The molecule has 3 nitrogen and oxygen atoms in total. The van der Waals surface area contributed by atoms with E-state index in [-0.39, 0.29) is 29.2 Å². The molecule has 0 saturated heterocycles. The number of halogens is 1. The number of aryl methyl sites for hydroxylation is 1. The Hall–Kier alpha value is -1.42. The summed E-state index contributed by atoms with van der Waals surface area (Å²) < 4.78 is 13.6. The van der Waals surface area contributed by atoms with Gasteiger partial charge in [0.15, 0.2) is 0 Å². The molecule has 1 fully saturated rings. The maximum atomic E-state index is 13.6. The molecule has 1 aliphatic rings. The van der Waals surface area contributed by atoms with Crippen molar-refractivity contribution >= 4 is 11.6 Å². The van der Waals surface area contributed by atoms with Crippen LogP contribution in [0.2, 0.25) is 0 Å². The number of benzene rings is 1. The van der Waals surface area contributed by atoms with Crippen molar-refractivity contribution in [2.75, 3.05) is 11.9 Å². The maximum absolute atomic E-state index is 13.6. The van der Waals surface area contributed by atoms with Crippen LogP contribution in [0.1, 0.15) is 24.8 Å². The Bertz CT molecular complexity index is 447. The van der Waals surface area contributed by atoms with Gasteiger partial charge in [0.1, 0.15) is 5.82 Å². The Kier molecular flexibility index (Phi) is 3.97. The fraction of sp³-hybridized carbons (Fsp3) is 0.500. The minimum atomic E-state index is -0.384. The molecule has 2 atom stereocenters. The Morgan fingerprint density at radius 2 is 2.28 bits per heavy atom. The molecule has 3 N–H and O–H groups in total. The second-order valence-electron chi connectivity index (χ2n) is 5.01. The first-order valence-electron chi connectivity index (χ1n) is 6.39. The van der Waals surface area contributed by atoms with Gasteiger partial charge < -0.3 is 11.1 Å². The SMILES string of the molecule is Cc1ccc(NC(=O)C2CCCC2CN)c(F)c1. The summed E-state index contributed by atoms with van der Waals surface area (Å²) in [5, 5.41) is 2.67. The van der Waals surface area contributed by atoms with Gasteiger partial charge in [0.05, 0.1) is 5.69 Å². The van der Waals surface area contributed by atoms with E-state index >= 15 is 0 Å². The van der Waals surface area contributed by atoms with E-state index < -0.39 is 0 Å². The molecule has 0 aromatic heterocycles. The monoisotopic (exact) mass is 250 g/mol. The van der Waals surface area contributed by atoms with Gasteiger partial charge >= 0.3 is 0 Å². The molecule has 2 unspecified atom stereocenters. The third-order valence-corrected chi connectivity index (χ3v) is 3.68. The highest BCUT2D eigenvalue weighted by Crippen LogP contribution is 2.32. The molecule has 0 aliphatic heterocycles. The standard InChI is InChI=1S/C14H19FN2O/c1-9-5-6-13(12(15)7-9)17-14(18)11-4-2-3-10(11)8-16/h5-7,10-11H,2-4,8,16H2,1H3,(H,17,18). The van der Waals surface area contributed by atoms with Crippen LogP contribution in [0, 0.1) is 24.6 Å². The smallest absolute Gasteiger partial charge is 0.227 e. The highest BCUT2D eigenvalue weighted by atomic mass is 19.1. The number of nitrogens with one attached hydrogen (secondary N) is 1. The molecular formula is C14H19FN2O. The number of hydrogen-bond acceptors (Lipinski definition) is 2. The summed E-state index contributed by atoms with van der Waals surface area (Å²) in [5.41, 5.74) is 6.75. The lowest BCUT2D eigenvalue weighted by Crippen LogP contribution is -2.30. The predicted molar refractivity (Wildman–Crippen MR) is 69.7 cm³/mol. The lowest BCUT2D eigenvalue weighted by Gasteiger charge is -2.17. The number of carbonyl (C=O) groups excluding carboxylic acids is 1. The summed E-state index contributed by atoms with van der Waals surface area (Å²) >= 11 is 0. The zero-order valence-corrected chi connectivity index (χ0v) is 10.6. The van der Waals surface area contributed by atoms with Gasteiger partial charge in [0.25, 0.3) is 0 Å². The first kappa shape index (κ1) is 13.0. The summed E-state index contributed by atoms with van der Waals surface area (Å²) in [7, 11) is 0. The summed E-state index contributed by atoms with van der Waals surface area (Å²) in [4.78, 5) is 12.1. The van der Waals surface area contributed by atoms with Crippen molar-refractivity contribution in [1.82, 2.24) is 0 Å². The van der Waals surface area contributed by atoms with Crippen molar-refractivity contribution < 1.29 is 9.18 Å². The van der Waals surface area contributed by atoms with Crippen LogP contribution in [0.15, 0.2) is 18.2 Å². The zero-order valence-electron chi connectivity index (χ0n) is 10.6. The molecule has 1 aromatic carbocycles. The van der Waals surface area contributed by atoms with E-state index in [0.29, 0.717) is 6.54 Å². The van der Waals surface area contributed by atoms with Gasteiger partial charge in [-0.25, -0.2) is 4.39 Å². The van der Waals surface area contributed by atoms with Crippen molar-refractivity contribution in [3.8, 4) is 0 Å². The van der Waals surface area contributed by atoms with Gasteiger partial charge in [0.2, 0.25) is 5.91 Å². The molecular weight excluding hydrogens is 231 g/mol. The van der Waals surface area contributed by atoms with E-state index in [2.05, 4.69) is 5.32 Å². The molecule has 1 saturated carbocycles. The normalized spacial score (nSPS) is 23.1. The topological polar surface area (TPSA) is 55.1 Å². The Balaban J connectivity index is 2.07. The first-order chi connectivity index (χ1) is 8.61. The molecule has 0 spiro atoms. The second-order valence-corrected chi connectivity index (χ2v) is 5.01. The Morgan fingerprint density at radius 1 is 1.50 bits per heavy atom. The molecule has 18 heavy (non-hydrogen) atoms. The molecule has 1 aliphatic carbocycles. The average molecular weight is 250 g/mol. The van der Waals surface area contributed by atoms with E-state index in [4.69, 9.17) is 5.73 Å². The van der Waals surface area contributed by atoms with Crippen molar-refractivity contribution in [2.24, 2.45) is 17.6 Å². The number of anilines is 1. The van der Waals surface area contributed by atoms with E-state index in [9.17, 15) is 9.18 Å². The van der Waals surface area contributed by atoms with E-state index in [1.54, 1.807) is 12.1 Å². The molecule has 4 heteroatoms. The zero-order chi connectivity index (χ0) is 13.1. The number of rotatable bonds is 3. The van der Waals surface area contributed by atoms with Crippen molar-refractivity contribution in [2.45, 2.75) is 26.2 Å². The number of hydrogen-bond donors (Lipinski definition) is 2.